The van der Waals surface area contributed by atoms with Crippen LogP contribution in [0, 0.1) is 5.92 Å². The van der Waals surface area contributed by atoms with Gasteiger partial charge in [0, 0.05) is 11.8 Å². The van der Waals surface area contributed by atoms with E-state index >= 15 is 0 Å². The van der Waals surface area contributed by atoms with Crippen LogP contribution in [0.15, 0.2) is 0 Å². The van der Waals surface area contributed by atoms with E-state index in [1.807, 2.05) is 25.0 Å². The summed E-state index contributed by atoms with van der Waals surface area (Å²) in [6, 6.07) is -0.225. The second kappa shape index (κ2) is 6.59. The maximum Gasteiger partial charge on any atom is 0.249 e. The zero-order chi connectivity index (χ0) is 15.6. The van der Waals surface area contributed by atoms with E-state index in [-0.39, 0.29) is 29.8 Å². The van der Waals surface area contributed by atoms with Gasteiger partial charge in [-0.2, -0.15) is 11.8 Å². The Morgan fingerprint density at radius 2 is 1.86 bits per heavy atom. The molecule has 4 nitrogen and oxygen atoms in total. The Kier molecular flexibility index (Phi) is 5.23. The number of rotatable bonds is 4. The second-order valence-corrected chi connectivity index (χ2v) is 7.75. The normalized spacial score (nSPS) is 27.1. The number of nitrogens with zero attached hydrogens (tertiary/aromatic N) is 1. The maximum absolute atomic E-state index is 13.2. The van der Waals surface area contributed by atoms with E-state index in [4.69, 9.17) is 0 Å². The zero-order valence-electron chi connectivity index (χ0n) is 13.6. The highest BCUT2D eigenvalue weighted by Crippen LogP contribution is 2.35. The lowest BCUT2D eigenvalue weighted by Gasteiger charge is -2.50. The molecule has 1 spiro atoms. The third-order valence-corrected chi connectivity index (χ3v) is 5.61. The molecule has 120 valence electrons. The van der Waals surface area contributed by atoms with E-state index in [0.29, 0.717) is 0 Å². The van der Waals surface area contributed by atoms with Crippen LogP contribution in [-0.4, -0.2) is 46.3 Å². The van der Waals surface area contributed by atoms with E-state index in [1.165, 1.54) is 6.42 Å². The summed E-state index contributed by atoms with van der Waals surface area (Å²) in [6.07, 6.45) is 6.87. The minimum atomic E-state index is -0.618. The van der Waals surface area contributed by atoms with Gasteiger partial charge in [-0.25, -0.2) is 0 Å². The number of piperazine rings is 1. The van der Waals surface area contributed by atoms with Crippen LogP contribution in [0.2, 0.25) is 0 Å². The Labute approximate surface area is 132 Å². The average Bonchev–Trinajstić information content (AvgIpc) is 2.43. The van der Waals surface area contributed by atoms with Gasteiger partial charge in [0.1, 0.15) is 11.6 Å². The molecule has 1 heterocycles. The molecule has 0 aromatic rings. The van der Waals surface area contributed by atoms with Crippen molar-refractivity contribution in [2.45, 2.75) is 70.5 Å². The van der Waals surface area contributed by atoms with Gasteiger partial charge in [-0.05, 0) is 31.9 Å². The first-order valence-electron chi connectivity index (χ1n) is 8.06. The number of carbonyl (C=O) groups is 2. The van der Waals surface area contributed by atoms with Gasteiger partial charge in [-0.1, -0.05) is 33.1 Å². The molecule has 1 aliphatic carbocycles. The van der Waals surface area contributed by atoms with E-state index in [9.17, 15) is 9.59 Å². The summed E-state index contributed by atoms with van der Waals surface area (Å²) in [5.74, 6) is 1.21. The fourth-order valence-corrected chi connectivity index (χ4v) is 4.42. The van der Waals surface area contributed by atoms with Crippen LogP contribution in [0.4, 0.5) is 0 Å². The van der Waals surface area contributed by atoms with Gasteiger partial charge >= 0.3 is 0 Å². The summed E-state index contributed by atoms with van der Waals surface area (Å²) in [4.78, 5) is 27.7. The summed E-state index contributed by atoms with van der Waals surface area (Å²) in [7, 11) is 0. The first-order valence-corrected chi connectivity index (χ1v) is 9.46. The monoisotopic (exact) mass is 312 g/mol. The minimum absolute atomic E-state index is 0.0412. The first kappa shape index (κ1) is 16.7. The molecule has 2 rings (SSSR count). The number of hydrogen-bond acceptors (Lipinski definition) is 3. The minimum Gasteiger partial charge on any atom is -0.340 e. The first-order chi connectivity index (χ1) is 9.93. The smallest absolute Gasteiger partial charge is 0.249 e. The van der Waals surface area contributed by atoms with Crippen LogP contribution in [0.25, 0.3) is 0 Å². The van der Waals surface area contributed by atoms with Crippen LogP contribution >= 0.6 is 11.8 Å². The Bertz CT molecular complexity index is 405. The molecule has 1 saturated heterocycles. The van der Waals surface area contributed by atoms with Crippen molar-refractivity contribution < 1.29 is 9.59 Å². The predicted octanol–water partition coefficient (Wildman–Crippen LogP) is 2.42. The molecule has 0 aromatic carbocycles. The summed E-state index contributed by atoms with van der Waals surface area (Å²) < 4.78 is 0. The van der Waals surface area contributed by atoms with Gasteiger partial charge in [0.25, 0.3) is 0 Å². The van der Waals surface area contributed by atoms with Crippen LogP contribution in [0.3, 0.4) is 0 Å². The topological polar surface area (TPSA) is 49.4 Å². The molecule has 0 radical (unpaired) electrons. The largest absolute Gasteiger partial charge is 0.340 e. The summed E-state index contributed by atoms with van der Waals surface area (Å²) in [5, 5.41) is 3.10. The molecule has 1 saturated carbocycles. The average molecular weight is 312 g/mol. The van der Waals surface area contributed by atoms with Crippen molar-refractivity contribution in [3.05, 3.63) is 0 Å². The van der Waals surface area contributed by atoms with Crippen molar-refractivity contribution in [1.29, 1.82) is 0 Å². The van der Waals surface area contributed by atoms with Crippen LogP contribution in [-0.2, 0) is 9.59 Å². The molecule has 0 bridgehead atoms. The molecule has 1 N–H and O–H groups in total. The molecular weight excluding hydrogens is 284 g/mol. The van der Waals surface area contributed by atoms with Gasteiger partial charge in [0.2, 0.25) is 11.8 Å². The zero-order valence-corrected chi connectivity index (χ0v) is 14.5. The van der Waals surface area contributed by atoms with Crippen molar-refractivity contribution in [2.24, 2.45) is 5.92 Å². The molecule has 2 aliphatic rings. The predicted molar refractivity (Wildman–Crippen MR) is 87.3 cm³/mol. The standard InChI is InChI=1S/C16H28N2O2S/c1-11(2)13-14(19)17-16(8-6-5-7-9-16)15(20)18(13)12(3)10-21-4/h11-13H,5-10H2,1-4H3,(H,17,19). The highest BCUT2D eigenvalue weighted by molar-refractivity contribution is 7.98. The molecule has 2 unspecified atom stereocenters. The number of amides is 2. The van der Waals surface area contributed by atoms with Gasteiger partial charge in [-0.15, -0.1) is 0 Å². The van der Waals surface area contributed by atoms with E-state index in [1.54, 1.807) is 11.8 Å². The molecule has 21 heavy (non-hydrogen) atoms. The van der Waals surface area contributed by atoms with Crippen LogP contribution in [0.1, 0.15) is 52.9 Å². The van der Waals surface area contributed by atoms with E-state index < -0.39 is 5.54 Å². The van der Waals surface area contributed by atoms with Crippen molar-refractivity contribution in [2.75, 3.05) is 12.0 Å². The van der Waals surface area contributed by atoms with E-state index in [2.05, 4.69) is 12.2 Å². The molecule has 2 fully saturated rings. The molecule has 0 aromatic heterocycles. The Balaban J connectivity index is 2.33. The lowest BCUT2D eigenvalue weighted by atomic mass is 9.77. The quantitative estimate of drug-likeness (QED) is 0.867. The van der Waals surface area contributed by atoms with E-state index in [0.717, 1.165) is 31.4 Å². The maximum atomic E-state index is 13.2. The summed E-state index contributed by atoms with van der Waals surface area (Å²) in [6.45, 7) is 6.11. The SMILES string of the molecule is CSCC(C)N1C(=O)C2(CCCCC2)NC(=O)C1C(C)C. The van der Waals surface area contributed by atoms with Crippen LogP contribution in [0.5, 0.6) is 0 Å². The lowest BCUT2D eigenvalue weighted by molar-refractivity contribution is -0.160. The fourth-order valence-electron chi connectivity index (χ4n) is 3.78. The molecule has 2 atom stereocenters. The molecule has 5 heteroatoms. The Morgan fingerprint density at radius 3 is 2.38 bits per heavy atom. The van der Waals surface area contributed by atoms with Crippen molar-refractivity contribution in [1.82, 2.24) is 10.2 Å². The van der Waals surface area contributed by atoms with Gasteiger partial charge < -0.3 is 10.2 Å². The Morgan fingerprint density at radius 1 is 1.24 bits per heavy atom. The number of thioether (sulfide) groups is 1. The number of nitrogens with one attached hydrogen (secondary N) is 1. The van der Waals surface area contributed by atoms with Gasteiger partial charge in [0.15, 0.2) is 0 Å². The third kappa shape index (κ3) is 3.08. The highest BCUT2D eigenvalue weighted by atomic mass is 32.2. The Hall–Kier alpha value is -0.710. The number of carbonyl (C=O) groups excluding carboxylic acids is 2. The molecular formula is C16H28N2O2S. The van der Waals surface area contributed by atoms with Gasteiger partial charge in [0.05, 0.1) is 0 Å². The van der Waals surface area contributed by atoms with Crippen molar-refractivity contribution >= 4 is 23.6 Å². The highest BCUT2D eigenvalue weighted by Gasteiger charge is 2.52. The third-order valence-electron chi connectivity index (χ3n) is 4.80. The van der Waals surface area contributed by atoms with Crippen LogP contribution < -0.4 is 5.32 Å². The second-order valence-electron chi connectivity index (χ2n) is 6.84. The lowest BCUT2D eigenvalue weighted by Crippen LogP contribution is -2.73. The van der Waals surface area contributed by atoms with Gasteiger partial charge in [-0.3, -0.25) is 9.59 Å². The molecule has 2 amide bonds. The van der Waals surface area contributed by atoms with Crippen molar-refractivity contribution in [3.63, 3.8) is 0 Å². The number of hydrogen-bond donors (Lipinski definition) is 1. The van der Waals surface area contributed by atoms with Crippen molar-refractivity contribution in [3.8, 4) is 0 Å². The summed E-state index contributed by atoms with van der Waals surface area (Å²) in [5.41, 5.74) is -0.618. The fraction of sp³-hybridized carbons (Fsp3) is 0.875. The summed E-state index contributed by atoms with van der Waals surface area (Å²) >= 11 is 1.73. The molecule has 1 aliphatic heterocycles.